The Morgan fingerprint density at radius 3 is 2.80 bits per heavy atom. The molecule has 7 nitrogen and oxygen atoms in total. The maximum atomic E-state index is 12.3. The molecule has 3 N–H and O–H groups in total. The van der Waals surface area contributed by atoms with Gasteiger partial charge in [-0.15, -0.1) is 0 Å². The lowest BCUT2D eigenvalue weighted by atomic mass is 10.2. The van der Waals surface area contributed by atoms with Gasteiger partial charge in [0, 0.05) is 19.3 Å². The fraction of sp³-hybridized carbons (Fsp3) is 0.455. The summed E-state index contributed by atoms with van der Waals surface area (Å²) in [6.45, 7) is 0.599. The number of nitrogens with one attached hydrogen (secondary N) is 1. The first-order valence-electron chi connectivity index (χ1n) is 6.05. The molecule has 1 aromatic heterocycles. The van der Waals surface area contributed by atoms with E-state index in [1.165, 1.54) is 17.2 Å². The molecule has 0 radical (unpaired) electrons. The second-order valence-corrected chi connectivity index (χ2v) is 7.21. The number of hydrogen-bond donors (Lipinski definition) is 2. The van der Waals surface area contributed by atoms with E-state index in [0.29, 0.717) is 18.5 Å². The summed E-state index contributed by atoms with van der Waals surface area (Å²) in [6.07, 6.45) is 1.81. The van der Waals surface area contributed by atoms with Gasteiger partial charge in [-0.25, -0.2) is 19.2 Å². The van der Waals surface area contributed by atoms with E-state index < -0.39 is 9.84 Å². The lowest BCUT2D eigenvalue weighted by Crippen LogP contribution is -2.33. The highest BCUT2D eigenvalue weighted by Gasteiger charge is 2.23. The number of rotatable bonds is 2. The van der Waals surface area contributed by atoms with Gasteiger partial charge in [-0.05, 0) is 12.5 Å². The van der Waals surface area contributed by atoms with E-state index in [2.05, 4.69) is 10.4 Å². The van der Waals surface area contributed by atoms with E-state index in [4.69, 9.17) is 17.4 Å². The van der Waals surface area contributed by atoms with Crippen molar-refractivity contribution in [1.82, 2.24) is 9.88 Å². The number of hydrogen-bond acceptors (Lipinski definition) is 6. The molecule has 9 heteroatoms. The number of pyridine rings is 1. The van der Waals surface area contributed by atoms with Crippen molar-refractivity contribution in [2.45, 2.75) is 6.42 Å². The van der Waals surface area contributed by atoms with Gasteiger partial charge in [-0.3, -0.25) is 4.79 Å². The minimum absolute atomic E-state index is 0.0116. The number of halogens is 1. The number of carbonyl (C=O) groups is 1. The summed E-state index contributed by atoms with van der Waals surface area (Å²) in [4.78, 5) is 17.7. The van der Waals surface area contributed by atoms with Crippen molar-refractivity contribution >= 4 is 33.2 Å². The molecule has 0 spiro atoms. The molecule has 2 rings (SSSR count). The second-order valence-electron chi connectivity index (χ2n) is 4.50. The highest BCUT2D eigenvalue weighted by Crippen LogP contribution is 2.20. The van der Waals surface area contributed by atoms with Crippen LogP contribution in [0, 0.1) is 0 Å². The fourth-order valence-corrected chi connectivity index (χ4v) is 3.48. The first kappa shape index (κ1) is 15.0. The number of nitrogen functional groups attached to an aromatic ring is 1. The molecule has 1 aliphatic rings. The van der Waals surface area contributed by atoms with Gasteiger partial charge in [-0.1, -0.05) is 11.6 Å². The number of amides is 1. The Balaban J connectivity index is 2.17. The number of carbonyl (C=O) groups excluding carboxylic acids is 1. The van der Waals surface area contributed by atoms with Gasteiger partial charge < -0.3 is 10.3 Å². The number of anilines is 1. The number of aromatic nitrogens is 1. The highest BCUT2D eigenvalue weighted by molar-refractivity contribution is 7.91. The third-order valence-electron chi connectivity index (χ3n) is 3.07. The molecule has 0 bridgehead atoms. The summed E-state index contributed by atoms with van der Waals surface area (Å²) in [5.74, 6) is 5.32. The Morgan fingerprint density at radius 1 is 1.40 bits per heavy atom. The van der Waals surface area contributed by atoms with Crippen molar-refractivity contribution < 1.29 is 13.2 Å². The standard InChI is InChI=1S/C11H15ClN4O3S/c12-9-6-8(7-14-10(9)15-13)11(17)16-2-1-4-20(18,19)5-3-16/h6-7H,1-5,13H2,(H,14,15). The van der Waals surface area contributed by atoms with Crippen LogP contribution < -0.4 is 11.3 Å². The minimum atomic E-state index is -3.05. The molecule has 20 heavy (non-hydrogen) atoms. The molecule has 0 aromatic carbocycles. The molecule has 1 fully saturated rings. The minimum Gasteiger partial charge on any atom is -0.338 e. The quantitative estimate of drug-likeness (QED) is 0.599. The first-order valence-corrected chi connectivity index (χ1v) is 8.25. The van der Waals surface area contributed by atoms with Crippen molar-refractivity contribution in [3.63, 3.8) is 0 Å². The Bertz CT molecular complexity index is 620. The van der Waals surface area contributed by atoms with Crippen LogP contribution in [0.2, 0.25) is 5.02 Å². The van der Waals surface area contributed by atoms with Crippen molar-refractivity contribution in [3.8, 4) is 0 Å². The second kappa shape index (κ2) is 5.94. The van der Waals surface area contributed by atoms with Crippen molar-refractivity contribution in [3.05, 3.63) is 22.8 Å². The van der Waals surface area contributed by atoms with E-state index in [0.717, 1.165) is 0 Å². The molecule has 1 aliphatic heterocycles. The molecule has 1 aromatic rings. The molecule has 0 unspecified atom stereocenters. The normalized spacial score (nSPS) is 18.4. The average Bonchev–Trinajstić information content (AvgIpc) is 2.59. The third-order valence-corrected chi connectivity index (χ3v) is 5.07. The predicted molar refractivity (Wildman–Crippen MR) is 76.2 cm³/mol. The predicted octanol–water partition coefficient (Wildman–Crippen LogP) is 0.281. The van der Waals surface area contributed by atoms with Crippen LogP contribution in [0.25, 0.3) is 0 Å². The molecule has 1 amide bonds. The van der Waals surface area contributed by atoms with Crippen LogP contribution in [0.15, 0.2) is 12.3 Å². The Hall–Kier alpha value is -1.38. The molecule has 0 atom stereocenters. The van der Waals surface area contributed by atoms with Gasteiger partial charge in [0.05, 0.1) is 22.1 Å². The molecule has 0 aliphatic carbocycles. The summed E-state index contributed by atoms with van der Waals surface area (Å²) in [5, 5.41) is 0.237. The van der Waals surface area contributed by atoms with Gasteiger partial charge >= 0.3 is 0 Å². The number of nitrogens with zero attached hydrogens (tertiary/aromatic N) is 2. The molecular weight excluding hydrogens is 304 g/mol. The van der Waals surface area contributed by atoms with Crippen LogP contribution in [0.4, 0.5) is 5.82 Å². The Kier molecular flexibility index (Phi) is 4.46. The van der Waals surface area contributed by atoms with Crippen LogP contribution in [0.1, 0.15) is 16.8 Å². The van der Waals surface area contributed by atoms with Crippen LogP contribution in [0.3, 0.4) is 0 Å². The lowest BCUT2D eigenvalue weighted by Gasteiger charge is -2.19. The zero-order valence-electron chi connectivity index (χ0n) is 10.7. The number of sulfone groups is 1. The van der Waals surface area contributed by atoms with Crippen molar-refractivity contribution in [2.24, 2.45) is 5.84 Å². The summed E-state index contributed by atoms with van der Waals surface area (Å²) < 4.78 is 23.0. The maximum absolute atomic E-state index is 12.3. The van der Waals surface area contributed by atoms with Gasteiger partial charge in [0.2, 0.25) is 0 Å². The molecule has 0 saturated carbocycles. The van der Waals surface area contributed by atoms with E-state index in [1.807, 2.05) is 0 Å². The van der Waals surface area contributed by atoms with Crippen LogP contribution >= 0.6 is 11.6 Å². The van der Waals surface area contributed by atoms with Crippen LogP contribution in [-0.2, 0) is 9.84 Å². The number of hydrazine groups is 1. The van der Waals surface area contributed by atoms with Gasteiger partial charge in [0.25, 0.3) is 5.91 Å². The fourth-order valence-electron chi connectivity index (χ4n) is 1.99. The van der Waals surface area contributed by atoms with Crippen molar-refractivity contribution in [1.29, 1.82) is 0 Å². The highest BCUT2D eigenvalue weighted by atomic mass is 35.5. The molecule has 1 saturated heterocycles. The lowest BCUT2D eigenvalue weighted by molar-refractivity contribution is 0.0768. The Labute approximate surface area is 122 Å². The van der Waals surface area contributed by atoms with Gasteiger partial charge in [0.1, 0.15) is 0 Å². The topological polar surface area (TPSA) is 105 Å². The van der Waals surface area contributed by atoms with Gasteiger partial charge in [0.15, 0.2) is 15.7 Å². The third kappa shape index (κ3) is 3.38. The number of nitrogens with two attached hydrogens (primary N) is 1. The summed E-state index contributed by atoms with van der Waals surface area (Å²) in [7, 11) is -3.05. The summed E-state index contributed by atoms with van der Waals surface area (Å²) in [5.41, 5.74) is 2.63. The smallest absolute Gasteiger partial charge is 0.255 e. The van der Waals surface area contributed by atoms with Crippen molar-refractivity contribution in [2.75, 3.05) is 30.0 Å². The van der Waals surface area contributed by atoms with E-state index >= 15 is 0 Å². The summed E-state index contributed by atoms with van der Waals surface area (Å²) in [6, 6.07) is 1.46. The molecule has 2 heterocycles. The van der Waals surface area contributed by atoms with Crippen LogP contribution in [-0.4, -0.2) is 48.8 Å². The largest absolute Gasteiger partial charge is 0.338 e. The van der Waals surface area contributed by atoms with E-state index in [-0.39, 0.29) is 34.8 Å². The Morgan fingerprint density at radius 2 is 2.15 bits per heavy atom. The maximum Gasteiger partial charge on any atom is 0.255 e. The summed E-state index contributed by atoms with van der Waals surface area (Å²) >= 11 is 5.92. The van der Waals surface area contributed by atoms with Crippen LogP contribution in [0.5, 0.6) is 0 Å². The van der Waals surface area contributed by atoms with E-state index in [1.54, 1.807) is 0 Å². The SMILES string of the molecule is NNc1ncc(C(=O)N2CCCS(=O)(=O)CC2)cc1Cl. The molecular formula is C11H15ClN4O3S. The monoisotopic (exact) mass is 318 g/mol. The van der Waals surface area contributed by atoms with Gasteiger partial charge in [-0.2, -0.15) is 0 Å². The average molecular weight is 319 g/mol. The zero-order valence-corrected chi connectivity index (χ0v) is 12.2. The zero-order chi connectivity index (χ0) is 14.8. The molecule has 110 valence electrons. The van der Waals surface area contributed by atoms with E-state index in [9.17, 15) is 13.2 Å². The first-order chi connectivity index (χ1) is 9.43.